The summed E-state index contributed by atoms with van der Waals surface area (Å²) in [6, 6.07) is 15.9. The Labute approximate surface area is 227 Å². The number of aromatic amines is 1. The van der Waals surface area contributed by atoms with Crippen molar-refractivity contribution in [2.75, 3.05) is 20.6 Å². The molecule has 1 amide bonds. The molecule has 1 fully saturated rings. The lowest BCUT2D eigenvalue weighted by Gasteiger charge is -2.52. The molecule has 3 aromatic rings. The van der Waals surface area contributed by atoms with Gasteiger partial charge in [0.25, 0.3) is 0 Å². The Kier molecular flexibility index (Phi) is 7.95. The molecule has 204 valence electrons. The van der Waals surface area contributed by atoms with E-state index in [1.54, 1.807) is 6.07 Å². The van der Waals surface area contributed by atoms with E-state index in [0.717, 1.165) is 69.9 Å². The van der Waals surface area contributed by atoms with E-state index in [1.165, 1.54) is 28.2 Å². The molecular weight excluding hydrogens is 473 g/mol. The number of carbonyl (C=O) groups excluding carboxylic acids is 1. The van der Waals surface area contributed by atoms with Crippen LogP contribution in [0.25, 0.3) is 10.9 Å². The van der Waals surface area contributed by atoms with Crippen molar-refractivity contribution in [3.05, 3.63) is 71.2 Å². The van der Waals surface area contributed by atoms with Gasteiger partial charge in [-0.25, -0.2) is 4.39 Å². The third kappa shape index (κ3) is 4.79. The molecule has 1 saturated carbocycles. The zero-order valence-corrected chi connectivity index (χ0v) is 23.6. The van der Waals surface area contributed by atoms with Crippen molar-refractivity contribution >= 4 is 16.8 Å². The van der Waals surface area contributed by atoms with Crippen LogP contribution in [-0.2, 0) is 16.8 Å². The normalized spacial score (nSPS) is 23.1. The lowest BCUT2D eigenvalue weighted by Crippen LogP contribution is -2.57. The van der Waals surface area contributed by atoms with Gasteiger partial charge >= 0.3 is 0 Å². The molecule has 2 atom stereocenters. The Morgan fingerprint density at radius 1 is 1.13 bits per heavy atom. The maximum atomic E-state index is 14.2. The zero-order chi connectivity index (χ0) is 26.9. The van der Waals surface area contributed by atoms with Crippen molar-refractivity contribution in [2.45, 2.75) is 83.2 Å². The number of para-hydroxylation sites is 1. The highest BCUT2D eigenvalue weighted by Crippen LogP contribution is 2.52. The van der Waals surface area contributed by atoms with E-state index in [1.807, 2.05) is 6.07 Å². The Morgan fingerprint density at radius 2 is 1.89 bits per heavy atom. The van der Waals surface area contributed by atoms with E-state index in [2.05, 4.69) is 73.1 Å². The van der Waals surface area contributed by atoms with Gasteiger partial charge in [0.05, 0.1) is 5.54 Å². The molecule has 1 aliphatic heterocycles. The molecule has 2 aliphatic rings. The molecule has 1 spiro atoms. The molecule has 0 bridgehead atoms. The first-order valence-corrected chi connectivity index (χ1v) is 14.7. The second kappa shape index (κ2) is 11.2. The average Bonchev–Trinajstić information content (AvgIpc) is 3.30. The minimum Gasteiger partial charge on any atom is -0.356 e. The van der Waals surface area contributed by atoms with Crippen molar-refractivity contribution in [2.24, 2.45) is 11.8 Å². The predicted molar refractivity (Wildman–Crippen MR) is 153 cm³/mol. The van der Waals surface area contributed by atoms with Crippen LogP contribution in [-0.4, -0.2) is 41.3 Å². The fraction of sp³-hybridized carbons (Fsp3) is 0.545. The number of fused-ring (bicyclic) bond motifs is 4. The third-order valence-electron chi connectivity index (χ3n) is 9.45. The fourth-order valence-electron chi connectivity index (χ4n) is 7.56. The van der Waals surface area contributed by atoms with Crippen LogP contribution in [0.3, 0.4) is 0 Å². The number of carbonyl (C=O) groups is 1. The average molecular weight is 518 g/mol. The number of benzene rings is 2. The van der Waals surface area contributed by atoms with E-state index in [0.29, 0.717) is 11.8 Å². The summed E-state index contributed by atoms with van der Waals surface area (Å²) in [6.45, 7) is 5.17. The van der Waals surface area contributed by atoms with E-state index in [-0.39, 0.29) is 23.3 Å². The lowest BCUT2D eigenvalue weighted by molar-refractivity contribution is -0.147. The standard InChI is InChI=1S/C33H44FN3O/c1-5-7-11-23(6-2)32(38)37-21-18-28-27-14-8-9-15-29(27)35-31(28)33(37)19-16-24(17-20-33)30(36(3)4)25-12-10-13-26(34)22-25/h8-10,12-15,22-24,30,35H,5-7,11,16-21H2,1-4H3. The predicted octanol–water partition coefficient (Wildman–Crippen LogP) is 7.60. The van der Waals surface area contributed by atoms with Crippen LogP contribution >= 0.6 is 0 Å². The fourth-order valence-corrected chi connectivity index (χ4v) is 7.56. The number of unbranched alkanes of at least 4 members (excludes halogenated alkanes) is 1. The van der Waals surface area contributed by atoms with Gasteiger partial charge in [0.15, 0.2) is 0 Å². The molecule has 4 nitrogen and oxygen atoms in total. The molecule has 5 rings (SSSR count). The van der Waals surface area contributed by atoms with Crippen LogP contribution < -0.4 is 0 Å². The highest BCUT2D eigenvalue weighted by atomic mass is 19.1. The molecule has 0 saturated heterocycles. The molecule has 0 radical (unpaired) electrons. The summed E-state index contributed by atoms with van der Waals surface area (Å²) in [5, 5.41) is 1.31. The van der Waals surface area contributed by atoms with Crippen LogP contribution in [0.15, 0.2) is 48.5 Å². The number of halogens is 1. The van der Waals surface area contributed by atoms with Gasteiger partial charge in [-0.05, 0) is 94.3 Å². The summed E-state index contributed by atoms with van der Waals surface area (Å²) in [5.41, 5.74) is 4.61. The second-order valence-electron chi connectivity index (χ2n) is 11.8. The first-order chi connectivity index (χ1) is 18.4. The van der Waals surface area contributed by atoms with Gasteiger partial charge in [0, 0.05) is 35.1 Å². The highest BCUT2D eigenvalue weighted by molar-refractivity contribution is 5.87. The van der Waals surface area contributed by atoms with Crippen molar-refractivity contribution in [1.29, 1.82) is 0 Å². The summed E-state index contributed by atoms with van der Waals surface area (Å²) in [5.74, 6) is 0.674. The van der Waals surface area contributed by atoms with Crippen LogP contribution in [0.2, 0.25) is 0 Å². The van der Waals surface area contributed by atoms with Gasteiger partial charge in [-0.2, -0.15) is 0 Å². The molecular formula is C33H44FN3O. The van der Waals surface area contributed by atoms with Crippen molar-refractivity contribution in [1.82, 2.24) is 14.8 Å². The summed E-state index contributed by atoms with van der Waals surface area (Å²) in [6.07, 6.45) is 8.88. The van der Waals surface area contributed by atoms with Crippen molar-refractivity contribution in [3.63, 3.8) is 0 Å². The van der Waals surface area contributed by atoms with Gasteiger partial charge in [-0.1, -0.05) is 57.0 Å². The smallest absolute Gasteiger partial charge is 0.226 e. The minimum absolute atomic E-state index is 0.0947. The number of hydrogen-bond donors (Lipinski definition) is 1. The van der Waals surface area contributed by atoms with Crippen LogP contribution in [0.5, 0.6) is 0 Å². The molecule has 2 aromatic carbocycles. The summed E-state index contributed by atoms with van der Waals surface area (Å²) in [7, 11) is 4.21. The van der Waals surface area contributed by atoms with E-state index in [9.17, 15) is 9.18 Å². The quantitative estimate of drug-likeness (QED) is 0.334. The van der Waals surface area contributed by atoms with Gasteiger partial charge in [-0.15, -0.1) is 0 Å². The maximum absolute atomic E-state index is 14.2. The molecule has 38 heavy (non-hydrogen) atoms. The van der Waals surface area contributed by atoms with Gasteiger partial charge < -0.3 is 14.8 Å². The molecule has 2 unspecified atom stereocenters. The number of amides is 1. The van der Waals surface area contributed by atoms with E-state index in [4.69, 9.17) is 0 Å². The Hall–Kier alpha value is -2.66. The van der Waals surface area contributed by atoms with Crippen LogP contribution in [0, 0.1) is 17.7 Å². The molecule has 2 heterocycles. The second-order valence-corrected chi connectivity index (χ2v) is 11.8. The first-order valence-electron chi connectivity index (χ1n) is 14.7. The maximum Gasteiger partial charge on any atom is 0.226 e. The summed E-state index contributed by atoms with van der Waals surface area (Å²) in [4.78, 5) is 22.5. The first kappa shape index (κ1) is 26.9. The Morgan fingerprint density at radius 3 is 2.58 bits per heavy atom. The monoisotopic (exact) mass is 517 g/mol. The molecule has 5 heteroatoms. The van der Waals surface area contributed by atoms with Crippen molar-refractivity contribution < 1.29 is 9.18 Å². The third-order valence-corrected chi connectivity index (χ3v) is 9.45. The van der Waals surface area contributed by atoms with Gasteiger partial charge in [0.1, 0.15) is 5.82 Å². The lowest BCUT2D eigenvalue weighted by atomic mass is 9.68. The van der Waals surface area contributed by atoms with Crippen LogP contribution in [0.4, 0.5) is 4.39 Å². The topological polar surface area (TPSA) is 39.3 Å². The number of hydrogen-bond acceptors (Lipinski definition) is 2. The van der Waals surface area contributed by atoms with Gasteiger partial charge in [-0.3, -0.25) is 4.79 Å². The summed E-state index contributed by atoms with van der Waals surface area (Å²) >= 11 is 0. The Balaban J connectivity index is 1.51. The molecule has 1 N–H and O–H groups in total. The van der Waals surface area contributed by atoms with E-state index >= 15 is 0 Å². The number of aromatic nitrogens is 1. The number of nitrogens with zero attached hydrogens (tertiary/aromatic N) is 2. The SMILES string of the molecule is CCCCC(CC)C(=O)N1CCc2c([nH]c3ccccc23)C12CCC(C(c1cccc(F)c1)N(C)C)CC2. The molecule has 1 aliphatic carbocycles. The molecule has 1 aromatic heterocycles. The highest BCUT2D eigenvalue weighted by Gasteiger charge is 2.50. The summed E-state index contributed by atoms with van der Waals surface area (Å²) < 4.78 is 14.2. The minimum atomic E-state index is -0.293. The van der Waals surface area contributed by atoms with E-state index < -0.39 is 0 Å². The van der Waals surface area contributed by atoms with Crippen LogP contribution in [0.1, 0.15) is 88.1 Å². The number of H-pyrrole nitrogens is 1. The van der Waals surface area contributed by atoms with Gasteiger partial charge in [0.2, 0.25) is 5.91 Å². The van der Waals surface area contributed by atoms with Crippen molar-refractivity contribution in [3.8, 4) is 0 Å². The number of rotatable bonds is 8. The largest absolute Gasteiger partial charge is 0.356 e. The Bertz CT molecular complexity index is 1260. The number of nitrogens with one attached hydrogen (secondary N) is 1. The zero-order valence-electron chi connectivity index (χ0n) is 23.6.